The molecule has 5 aromatic rings. The van der Waals surface area contributed by atoms with Gasteiger partial charge in [-0.1, -0.05) is 80.1 Å². The number of anilines is 1. The van der Waals surface area contributed by atoms with Gasteiger partial charge in [0, 0.05) is 5.56 Å². The van der Waals surface area contributed by atoms with E-state index in [9.17, 15) is 22.8 Å². The number of aromatic nitrogens is 1. The zero-order chi connectivity index (χ0) is 33.0. The molecular formula is C38H32F3N3O3. The highest BCUT2D eigenvalue weighted by molar-refractivity contribution is 6.06. The van der Waals surface area contributed by atoms with Crippen molar-refractivity contribution in [3.63, 3.8) is 0 Å². The summed E-state index contributed by atoms with van der Waals surface area (Å²) in [6, 6.07) is 30.9. The Hall–Kier alpha value is -5.44. The van der Waals surface area contributed by atoms with Gasteiger partial charge in [-0.3, -0.25) is 14.6 Å². The minimum Gasteiger partial charge on any atom is -0.457 e. The summed E-state index contributed by atoms with van der Waals surface area (Å²) >= 11 is 0. The number of benzene rings is 4. The number of unbranched alkanes of at least 4 members (excludes halogenated alkanes) is 1. The molecule has 1 unspecified atom stereocenters. The van der Waals surface area contributed by atoms with E-state index >= 15 is 0 Å². The van der Waals surface area contributed by atoms with Crippen molar-refractivity contribution in [3.8, 4) is 33.9 Å². The number of carbonyl (C=O) groups is 2. The molecule has 1 heterocycles. The average Bonchev–Trinajstić information content (AvgIpc) is 3.41. The fourth-order valence-corrected chi connectivity index (χ4v) is 5.99. The molecule has 238 valence electrons. The van der Waals surface area contributed by atoms with E-state index in [1.54, 1.807) is 66.9 Å². The first-order valence-electron chi connectivity index (χ1n) is 15.4. The highest BCUT2D eigenvalue weighted by Gasteiger charge is 2.38. The summed E-state index contributed by atoms with van der Waals surface area (Å²) < 4.78 is 45.2. The van der Waals surface area contributed by atoms with Crippen LogP contribution in [-0.2, 0) is 11.2 Å². The number of para-hydroxylation sites is 2. The fourth-order valence-electron chi connectivity index (χ4n) is 5.99. The third-order valence-electron chi connectivity index (χ3n) is 8.11. The molecule has 0 radical (unpaired) electrons. The quantitative estimate of drug-likeness (QED) is 0.161. The van der Waals surface area contributed by atoms with Crippen molar-refractivity contribution in [1.82, 2.24) is 10.3 Å². The number of nitrogens with zero attached hydrogens (tertiary/aromatic N) is 1. The summed E-state index contributed by atoms with van der Waals surface area (Å²) in [6.07, 6.45) is -0.650. The molecule has 2 N–H and O–H groups in total. The fraction of sp³-hybridized carbons (Fsp3) is 0.184. The number of pyridine rings is 1. The van der Waals surface area contributed by atoms with Crippen LogP contribution in [0, 0.1) is 0 Å². The Morgan fingerprint density at radius 2 is 1.55 bits per heavy atom. The maximum atomic E-state index is 13.4. The minimum atomic E-state index is -4.53. The predicted molar refractivity (Wildman–Crippen MR) is 176 cm³/mol. The van der Waals surface area contributed by atoms with E-state index in [4.69, 9.17) is 4.74 Å². The van der Waals surface area contributed by atoms with Crippen LogP contribution in [0.2, 0.25) is 0 Å². The Morgan fingerprint density at radius 1 is 0.830 bits per heavy atom. The molecule has 0 saturated heterocycles. The van der Waals surface area contributed by atoms with Crippen LogP contribution < -0.4 is 15.4 Å². The van der Waals surface area contributed by atoms with E-state index in [2.05, 4.69) is 22.5 Å². The Balaban J connectivity index is 1.31. The van der Waals surface area contributed by atoms with Crippen molar-refractivity contribution < 1.29 is 27.5 Å². The highest BCUT2D eigenvalue weighted by Crippen LogP contribution is 2.49. The Morgan fingerprint density at radius 3 is 2.30 bits per heavy atom. The Kier molecular flexibility index (Phi) is 9.06. The number of nitrogens with one attached hydrogen (secondary N) is 2. The molecule has 4 aromatic carbocycles. The molecule has 0 aliphatic heterocycles. The van der Waals surface area contributed by atoms with Crippen molar-refractivity contribution in [2.24, 2.45) is 0 Å². The second-order valence-electron chi connectivity index (χ2n) is 11.3. The topological polar surface area (TPSA) is 80.3 Å². The second-order valence-corrected chi connectivity index (χ2v) is 11.3. The lowest BCUT2D eigenvalue weighted by Gasteiger charge is -2.20. The lowest BCUT2D eigenvalue weighted by molar-refractivity contribution is -0.138. The summed E-state index contributed by atoms with van der Waals surface area (Å²) in [5.74, 6) is -0.916. The van der Waals surface area contributed by atoms with Gasteiger partial charge in [-0.25, -0.2) is 0 Å². The first kappa shape index (κ1) is 31.5. The normalized spacial score (nSPS) is 13.4. The number of hydrogen-bond acceptors (Lipinski definition) is 4. The molecule has 0 saturated carbocycles. The van der Waals surface area contributed by atoms with E-state index in [-0.39, 0.29) is 5.91 Å². The standard InChI is InChI=1S/C38H32F3N3O3/c1-2-3-13-29-27(19-20-30-26-14-7-8-15-28(26)35(34(29)30)37(46)43-23-38(39,40)41)32-21-18-24(22-42-32)44-36(45)31-16-9-10-17-33(31)47-25-11-5-4-6-12-25/h4-12,14-22,35H,2-3,13,23H2,1H3,(H,43,46)(H,44,45). The summed E-state index contributed by atoms with van der Waals surface area (Å²) in [6.45, 7) is 0.658. The van der Waals surface area contributed by atoms with Gasteiger partial charge < -0.3 is 15.4 Å². The van der Waals surface area contributed by atoms with Crippen LogP contribution >= 0.6 is 0 Å². The van der Waals surface area contributed by atoms with Crippen molar-refractivity contribution in [1.29, 1.82) is 0 Å². The van der Waals surface area contributed by atoms with E-state index in [1.807, 2.05) is 42.5 Å². The maximum Gasteiger partial charge on any atom is 0.405 e. The van der Waals surface area contributed by atoms with Crippen LogP contribution in [0.3, 0.4) is 0 Å². The minimum absolute atomic E-state index is 0.357. The van der Waals surface area contributed by atoms with Crippen LogP contribution in [0.25, 0.3) is 22.4 Å². The first-order chi connectivity index (χ1) is 22.7. The molecule has 1 atom stereocenters. The molecule has 6 nitrogen and oxygen atoms in total. The summed E-state index contributed by atoms with van der Waals surface area (Å²) in [7, 11) is 0. The molecule has 1 aromatic heterocycles. The van der Waals surface area contributed by atoms with Gasteiger partial charge in [-0.15, -0.1) is 0 Å². The number of alkyl halides is 3. The van der Waals surface area contributed by atoms with Gasteiger partial charge in [0.15, 0.2) is 0 Å². The molecule has 1 aliphatic carbocycles. The number of hydrogen-bond donors (Lipinski definition) is 2. The van der Waals surface area contributed by atoms with Crippen molar-refractivity contribution in [2.75, 3.05) is 11.9 Å². The van der Waals surface area contributed by atoms with Crippen LogP contribution in [-0.4, -0.2) is 29.5 Å². The second kappa shape index (κ2) is 13.5. The van der Waals surface area contributed by atoms with Crippen LogP contribution in [0.4, 0.5) is 18.9 Å². The molecule has 6 rings (SSSR count). The van der Waals surface area contributed by atoms with Gasteiger partial charge in [-0.2, -0.15) is 13.2 Å². The number of carbonyl (C=O) groups excluding carboxylic acids is 2. The van der Waals surface area contributed by atoms with E-state index < -0.39 is 24.5 Å². The Bertz CT molecular complexity index is 1910. The van der Waals surface area contributed by atoms with Crippen LogP contribution in [0.5, 0.6) is 11.5 Å². The monoisotopic (exact) mass is 635 g/mol. The Labute approximate surface area is 270 Å². The average molecular weight is 636 g/mol. The summed E-state index contributed by atoms with van der Waals surface area (Å²) in [4.78, 5) is 31.4. The molecule has 9 heteroatoms. The molecular weight excluding hydrogens is 603 g/mol. The molecule has 0 fully saturated rings. The van der Waals surface area contributed by atoms with Gasteiger partial charge in [0.05, 0.1) is 29.1 Å². The van der Waals surface area contributed by atoms with Crippen molar-refractivity contribution in [2.45, 2.75) is 38.3 Å². The van der Waals surface area contributed by atoms with Gasteiger partial charge in [0.1, 0.15) is 18.0 Å². The summed E-state index contributed by atoms with van der Waals surface area (Å²) in [5.41, 5.74) is 6.18. The third kappa shape index (κ3) is 6.89. The number of fused-ring (bicyclic) bond motifs is 3. The van der Waals surface area contributed by atoms with Crippen molar-refractivity contribution in [3.05, 3.63) is 132 Å². The first-order valence-corrected chi connectivity index (χ1v) is 15.4. The van der Waals surface area contributed by atoms with Crippen molar-refractivity contribution >= 4 is 17.5 Å². The zero-order valence-corrected chi connectivity index (χ0v) is 25.6. The van der Waals surface area contributed by atoms with E-state index in [0.29, 0.717) is 46.0 Å². The zero-order valence-electron chi connectivity index (χ0n) is 25.6. The molecule has 47 heavy (non-hydrogen) atoms. The smallest absolute Gasteiger partial charge is 0.405 e. The van der Waals surface area contributed by atoms with Crippen LogP contribution in [0.1, 0.15) is 52.7 Å². The van der Waals surface area contributed by atoms with Gasteiger partial charge in [0.25, 0.3) is 5.91 Å². The molecule has 2 amide bonds. The van der Waals surface area contributed by atoms with E-state index in [0.717, 1.165) is 35.1 Å². The van der Waals surface area contributed by atoms with Gasteiger partial charge in [-0.05, 0) is 77.1 Å². The number of amides is 2. The third-order valence-corrected chi connectivity index (χ3v) is 8.11. The summed E-state index contributed by atoms with van der Waals surface area (Å²) in [5, 5.41) is 5.00. The SMILES string of the molecule is CCCCc1c(-c2ccc(NC(=O)c3ccccc3Oc3ccccc3)cn2)ccc2c1C(C(=O)NCC(F)(F)F)c1ccccc1-2. The van der Waals surface area contributed by atoms with Gasteiger partial charge >= 0.3 is 6.18 Å². The number of rotatable bonds is 10. The highest BCUT2D eigenvalue weighted by atomic mass is 19.4. The molecule has 1 aliphatic rings. The van der Waals surface area contributed by atoms with Gasteiger partial charge in [0.2, 0.25) is 5.91 Å². The van der Waals surface area contributed by atoms with E-state index in [1.165, 1.54) is 0 Å². The number of ether oxygens (including phenoxy) is 1. The number of halogens is 3. The lowest BCUT2D eigenvalue weighted by atomic mass is 9.86. The molecule has 0 bridgehead atoms. The van der Waals surface area contributed by atoms with Crippen LogP contribution in [0.15, 0.2) is 109 Å². The maximum absolute atomic E-state index is 13.4. The lowest BCUT2D eigenvalue weighted by Crippen LogP contribution is -2.37. The predicted octanol–water partition coefficient (Wildman–Crippen LogP) is 8.93. The largest absolute Gasteiger partial charge is 0.457 e. The molecule has 0 spiro atoms.